The number of hydrogen-bond acceptors (Lipinski definition) is 2. The number of hydrogen-bond donors (Lipinski definition) is 1. The van der Waals surface area contributed by atoms with Gasteiger partial charge in [-0.2, -0.15) is 0 Å². The molecule has 5 heteroatoms. The number of halogens is 3. The average Bonchev–Trinajstić information content (AvgIpc) is 2.37. The Labute approximate surface area is 129 Å². The van der Waals surface area contributed by atoms with Gasteiger partial charge in [0.05, 0.1) is 5.69 Å². The molecule has 0 spiro atoms. The van der Waals surface area contributed by atoms with Crippen LogP contribution in [0.25, 0.3) is 0 Å². The molecule has 2 rings (SSSR count). The monoisotopic (exact) mass is 355 g/mol. The largest absolute Gasteiger partial charge is 0.396 e. The summed E-state index contributed by atoms with van der Waals surface area (Å²) >= 11 is 9.22. The van der Waals surface area contributed by atoms with Crippen LogP contribution in [0.4, 0.5) is 10.1 Å². The SMILES string of the molecule is Cc1cc(C(=O)c2cc(N)c(F)cc2Br)c(C)cc1Cl. The number of nitrogens with two attached hydrogens (primary N) is 1. The van der Waals surface area contributed by atoms with Crippen molar-refractivity contribution in [1.82, 2.24) is 0 Å². The van der Waals surface area contributed by atoms with Gasteiger partial charge in [0.2, 0.25) is 0 Å². The highest BCUT2D eigenvalue weighted by Gasteiger charge is 2.18. The van der Waals surface area contributed by atoms with Gasteiger partial charge in [0, 0.05) is 20.6 Å². The van der Waals surface area contributed by atoms with Gasteiger partial charge in [-0.15, -0.1) is 0 Å². The molecule has 0 atom stereocenters. The van der Waals surface area contributed by atoms with Gasteiger partial charge in [-0.25, -0.2) is 4.39 Å². The van der Waals surface area contributed by atoms with Crippen molar-refractivity contribution in [3.05, 3.63) is 61.8 Å². The van der Waals surface area contributed by atoms with E-state index in [-0.39, 0.29) is 11.5 Å². The first kappa shape index (κ1) is 15.0. The van der Waals surface area contributed by atoms with E-state index in [0.29, 0.717) is 20.6 Å². The first-order chi connectivity index (χ1) is 9.31. The van der Waals surface area contributed by atoms with Crippen molar-refractivity contribution in [2.24, 2.45) is 0 Å². The minimum Gasteiger partial charge on any atom is -0.396 e. The van der Waals surface area contributed by atoms with Crippen LogP contribution in [0.2, 0.25) is 5.02 Å². The summed E-state index contributed by atoms with van der Waals surface area (Å²) < 4.78 is 13.7. The lowest BCUT2D eigenvalue weighted by atomic mass is 9.97. The first-order valence-electron chi connectivity index (χ1n) is 5.87. The van der Waals surface area contributed by atoms with Crippen LogP contribution in [0.3, 0.4) is 0 Å². The Balaban J connectivity index is 2.57. The number of benzene rings is 2. The van der Waals surface area contributed by atoms with E-state index in [1.807, 2.05) is 6.92 Å². The Morgan fingerprint density at radius 1 is 1.15 bits per heavy atom. The van der Waals surface area contributed by atoms with E-state index < -0.39 is 5.82 Å². The number of carbonyl (C=O) groups is 1. The molecular formula is C15H12BrClFNO. The maximum absolute atomic E-state index is 13.3. The summed E-state index contributed by atoms with van der Waals surface area (Å²) in [4.78, 5) is 12.6. The molecule has 2 N–H and O–H groups in total. The average molecular weight is 357 g/mol. The minimum atomic E-state index is -0.558. The Morgan fingerprint density at radius 3 is 2.45 bits per heavy atom. The summed E-state index contributed by atoms with van der Waals surface area (Å²) in [6, 6.07) is 6.00. The molecule has 2 aromatic carbocycles. The third kappa shape index (κ3) is 2.72. The summed E-state index contributed by atoms with van der Waals surface area (Å²) in [7, 11) is 0. The van der Waals surface area contributed by atoms with Gasteiger partial charge >= 0.3 is 0 Å². The number of rotatable bonds is 2. The Kier molecular flexibility index (Phi) is 4.16. The van der Waals surface area contributed by atoms with Crippen molar-refractivity contribution in [1.29, 1.82) is 0 Å². The molecule has 0 amide bonds. The number of carbonyl (C=O) groups excluding carboxylic acids is 1. The van der Waals surface area contributed by atoms with E-state index in [4.69, 9.17) is 17.3 Å². The van der Waals surface area contributed by atoms with Crippen LogP contribution in [0.15, 0.2) is 28.7 Å². The van der Waals surface area contributed by atoms with Crippen LogP contribution in [0.1, 0.15) is 27.0 Å². The second kappa shape index (κ2) is 5.54. The zero-order valence-corrected chi connectivity index (χ0v) is 13.3. The van der Waals surface area contributed by atoms with Gasteiger partial charge in [0.15, 0.2) is 5.78 Å². The van der Waals surface area contributed by atoms with E-state index in [2.05, 4.69) is 15.9 Å². The van der Waals surface area contributed by atoms with Crippen molar-refractivity contribution < 1.29 is 9.18 Å². The van der Waals surface area contributed by atoms with Gasteiger partial charge in [-0.05, 0) is 65.2 Å². The zero-order valence-electron chi connectivity index (χ0n) is 10.9. The predicted molar refractivity (Wildman–Crippen MR) is 82.9 cm³/mol. The van der Waals surface area contributed by atoms with Crippen molar-refractivity contribution in [2.75, 3.05) is 5.73 Å². The van der Waals surface area contributed by atoms with Crippen LogP contribution in [0, 0.1) is 19.7 Å². The van der Waals surface area contributed by atoms with Crippen molar-refractivity contribution in [2.45, 2.75) is 13.8 Å². The van der Waals surface area contributed by atoms with Gasteiger partial charge in [0.25, 0.3) is 0 Å². The van der Waals surface area contributed by atoms with Crippen LogP contribution < -0.4 is 5.73 Å². The molecule has 0 aliphatic rings. The van der Waals surface area contributed by atoms with Crippen molar-refractivity contribution in [3.8, 4) is 0 Å². The molecule has 0 aliphatic carbocycles. The Morgan fingerprint density at radius 2 is 1.80 bits per heavy atom. The Hall–Kier alpha value is -1.39. The molecule has 0 heterocycles. The molecule has 0 radical (unpaired) electrons. The number of nitrogen functional groups attached to an aromatic ring is 1. The summed E-state index contributed by atoms with van der Waals surface area (Å²) in [5.74, 6) is -0.779. The van der Waals surface area contributed by atoms with Crippen LogP contribution >= 0.6 is 27.5 Å². The number of anilines is 1. The molecule has 0 unspecified atom stereocenters. The summed E-state index contributed by atoms with van der Waals surface area (Å²) in [5, 5.41) is 0.608. The van der Waals surface area contributed by atoms with Crippen LogP contribution in [0.5, 0.6) is 0 Å². The number of ketones is 1. The molecule has 20 heavy (non-hydrogen) atoms. The quantitative estimate of drug-likeness (QED) is 0.627. The normalized spacial score (nSPS) is 10.7. The fraction of sp³-hybridized carbons (Fsp3) is 0.133. The van der Waals surface area contributed by atoms with Crippen LogP contribution in [-0.2, 0) is 0 Å². The molecule has 0 aliphatic heterocycles. The van der Waals surface area contributed by atoms with E-state index in [1.165, 1.54) is 12.1 Å². The third-order valence-electron chi connectivity index (χ3n) is 3.08. The van der Waals surface area contributed by atoms with E-state index in [0.717, 1.165) is 11.1 Å². The predicted octanol–water partition coefficient (Wildman–Crippen LogP) is 4.67. The van der Waals surface area contributed by atoms with E-state index in [9.17, 15) is 9.18 Å². The smallest absolute Gasteiger partial charge is 0.194 e. The molecule has 104 valence electrons. The highest BCUT2D eigenvalue weighted by atomic mass is 79.9. The summed E-state index contributed by atoms with van der Waals surface area (Å²) in [6.45, 7) is 3.63. The lowest BCUT2D eigenvalue weighted by Gasteiger charge is -2.10. The molecule has 2 aromatic rings. The highest BCUT2D eigenvalue weighted by Crippen LogP contribution is 2.28. The zero-order chi connectivity index (χ0) is 15.0. The van der Waals surface area contributed by atoms with Gasteiger partial charge in [0.1, 0.15) is 5.82 Å². The first-order valence-corrected chi connectivity index (χ1v) is 7.04. The second-order valence-electron chi connectivity index (χ2n) is 4.60. The van der Waals surface area contributed by atoms with Crippen molar-refractivity contribution in [3.63, 3.8) is 0 Å². The van der Waals surface area contributed by atoms with Gasteiger partial charge in [-0.3, -0.25) is 4.79 Å². The standard InChI is InChI=1S/C15H12BrClFNO/c1-7-4-12(17)8(2)3-9(7)15(20)10-5-14(19)13(18)6-11(10)16/h3-6H,19H2,1-2H3. The second-order valence-corrected chi connectivity index (χ2v) is 5.86. The van der Waals surface area contributed by atoms with Crippen molar-refractivity contribution >= 4 is 39.0 Å². The van der Waals surface area contributed by atoms with Gasteiger partial charge < -0.3 is 5.73 Å². The topological polar surface area (TPSA) is 43.1 Å². The third-order valence-corrected chi connectivity index (χ3v) is 4.14. The molecule has 0 saturated carbocycles. The molecule has 2 nitrogen and oxygen atoms in total. The maximum Gasteiger partial charge on any atom is 0.194 e. The lowest BCUT2D eigenvalue weighted by molar-refractivity contribution is 0.103. The minimum absolute atomic E-state index is 0.0557. The molecule has 0 aromatic heterocycles. The molecule has 0 fully saturated rings. The number of aryl methyl sites for hydroxylation is 2. The van der Waals surface area contributed by atoms with E-state index in [1.54, 1.807) is 19.1 Å². The molecular weight excluding hydrogens is 345 g/mol. The fourth-order valence-corrected chi connectivity index (χ4v) is 2.62. The molecule has 0 saturated heterocycles. The van der Waals surface area contributed by atoms with Crippen LogP contribution in [-0.4, -0.2) is 5.78 Å². The van der Waals surface area contributed by atoms with E-state index >= 15 is 0 Å². The Bertz CT molecular complexity index is 656. The molecule has 0 bridgehead atoms. The maximum atomic E-state index is 13.3. The fourth-order valence-electron chi connectivity index (χ4n) is 1.91. The summed E-state index contributed by atoms with van der Waals surface area (Å²) in [5.41, 5.74) is 7.90. The highest BCUT2D eigenvalue weighted by molar-refractivity contribution is 9.10. The lowest BCUT2D eigenvalue weighted by Crippen LogP contribution is -2.07. The summed E-state index contributed by atoms with van der Waals surface area (Å²) in [6.07, 6.45) is 0. The van der Waals surface area contributed by atoms with Gasteiger partial charge in [-0.1, -0.05) is 11.6 Å².